The first kappa shape index (κ1) is 11.5. The van der Waals surface area contributed by atoms with Crippen molar-refractivity contribution in [1.82, 2.24) is 5.32 Å². The van der Waals surface area contributed by atoms with Crippen LogP contribution in [0.5, 0.6) is 0 Å². The van der Waals surface area contributed by atoms with E-state index in [1.54, 1.807) is 0 Å². The van der Waals surface area contributed by atoms with E-state index in [-0.39, 0.29) is 16.9 Å². The van der Waals surface area contributed by atoms with Crippen LogP contribution in [0.1, 0.15) is 59.8 Å². The minimum atomic E-state index is -0.263. The fourth-order valence-corrected chi connectivity index (χ4v) is 1.92. The van der Waals surface area contributed by atoms with Crippen molar-refractivity contribution in [1.29, 1.82) is 0 Å². The van der Waals surface area contributed by atoms with Gasteiger partial charge in [0.15, 0.2) is 0 Å². The zero-order valence-corrected chi connectivity index (χ0v) is 9.94. The van der Waals surface area contributed by atoms with Crippen LogP contribution >= 0.6 is 0 Å². The van der Waals surface area contributed by atoms with E-state index in [1.165, 1.54) is 19.3 Å². The Hall–Kier alpha value is -0.530. The second-order valence-corrected chi connectivity index (χ2v) is 5.83. The summed E-state index contributed by atoms with van der Waals surface area (Å²) in [6.07, 6.45) is 6.09. The Morgan fingerprint density at radius 1 is 1.14 bits per heavy atom. The Bertz CT molecular complexity index is 209. The number of hydrogen-bond acceptors (Lipinski definition) is 1. The van der Waals surface area contributed by atoms with E-state index in [1.807, 2.05) is 20.8 Å². The highest BCUT2D eigenvalue weighted by Crippen LogP contribution is 2.28. The molecule has 0 aromatic rings. The van der Waals surface area contributed by atoms with Gasteiger partial charge in [-0.2, -0.15) is 0 Å². The summed E-state index contributed by atoms with van der Waals surface area (Å²) in [6.45, 7) is 8.08. The molecule has 1 fully saturated rings. The van der Waals surface area contributed by atoms with Crippen LogP contribution in [0.15, 0.2) is 0 Å². The van der Waals surface area contributed by atoms with Gasteiger partial charge >= 0.3 is 0 Å². The Morgan fingerprint density at radius 2 is 1.64 bits per heavy atom. The number of amides is 1. The molecule has 1 aliphatic rings. The number of carbonyl (C=O) groups is 1. The molecule has 1 amide bonds. The van der Waals surface area contributed by atoms with E-state index < -0.39 is 0 Å². The third-order valence-corrected chi connectivity index (χ3v) is 3.05. The van der Waals surface area contributed by atoms with Crippen molar-refractivity contribution in [3.8, 4) is 0 Å². The number of nitrogens with one attached hydrogen (secondary N) is 1. The molecule has 2 heteroatoms. The molecule has 0 aromatic heterocycles. The molecule has 0 atom stereocenters. The van der Waals surface area contributed by atoms with E-state index >= 15 is 0 Å². The Labute approximate surface area is 87.5 Å². The van der Waals surface area contributed by atoms with Gasteiger partial charge in [-0.15, -0.1) is 0 Å². The first-order valence-corrected chi connectivity index (χ1v) is 5.66. The van der Waals surface area contributed by atoms with E-state index in [0.717, 1.165) is 12.8 Å². The van der Waals surface area contributed by atoms with Crippen LogP contribution in [-0.2, 0) is 4.79 Å². The summed E-state index contributed by atoms with van der Waals surface area (Å²) in [6, 6.07) is 0. The lowest BCUT2D eigenvalue weighted by Gasteiger charge is -2.36. The maximum absolute atomic E-state index is 11.8. The maximum atomic E-state index is 11.8. The molecule has 0 heterocycles. The summed E-state index contributed by atoms with van der Waals surface area (Å²) in [5.41, 5.74) is -0.205. The normalized spacial score (nSPS) is 21.7. The second-order valence-electron chi connectivity index (χ2n) is 5.83. The monoisotopic (exact) mass is 197 g/mol. The van der Waals surface area contributed by atoms with Gasteiger partial charge in [0, 0.05) is 11.0 Å². The van der Waals surface area contributed by atoms with Crippen LogP contribution < -0.4 is 5.32 Å². The largest absolute Gasteiger partial charge is 0.350 e. The van der Waals surface area contributed by atoms with Crippen molar-refractivity contribution in [2.75, 3.05) is 0 Å². The van der Waals surface area contributed by atoms with Crippen molar-refractivity contribution < 1.29 is 4.79 Å². The lowest BCUT2D eigenvalue weighted by molar-refractivity contribution is -0.130. The van der Waals surface area contributed by atoms with Gasteiger partial charge in [-0.05, 0) is 19.8 Å². The van der Waals surface area contributed by atoms with E-state index in [2.05, 4.69) is 12.2 Å². The summed E-state index contributed by atoms with van der Waals surface area (Å²) < 4.78 is 0. The molecule has 1 saturated carbocycles. The summed E-state index contributed by atoms with van der Waals surface area (Å²) in [5.74, 6) is 0.182. The Morgan fingerprint density at radius 3 is 2.07 bits per heavy atom. The number of rotatable bonds is 1. The topological polar surface area (TPSA) is 29.1 Å². The molecule has 0 unspecified atom stereocenters. The fourth-order valence-electron chi connectivity index (χ4n) is 1.92. The van der Waals surface area contributed by atoms with Gasteiger partial charge in [0.1, 0.15) is 0 Å². The molecule has 0 spiro atoms. The van der Waals surface area contributed by atoms with Gasteiger partial charge in [-0.1, -0.05) is 40.0 Å². The summed E-state index contributed by atoms with van der Waals surface area (Å²) >= 11 is 0. The van der Waals surface area contributed by atoms with Gasteiger partial charge in [-0.25, -0.2) is 0 Å². The maximum Gasteiger partial charge on any atom is 0.225 e. The van der Waals surface area contributed by atoms with Crippen LogP contribution in [0.25, 0.3) is 0 Å². The summed E-state index contributed by atoms with van der Waals surface area (Å²) in [4.78, 5) is 11.8. The first-order chi connectivity index (χ1) is 6.33. The lowest BCUT2D eigenvalue weighted by Crippen LogP contribution is -2.50. The molecular formula is C12H23NO. The molecule has 0 radical (unpaired) electrons. The molecule has 0 saturated heterocycles. The molecule has 14 heavy (non-hydrogen) atoms. The van der Waals surface area contributed by atoms with Crippen LogP contribution in [-0.4, -0.2) is 11.4 Å². The Balaban J connectivity index is 2.54. The summed E-state index contributed by atoms with van der Waals surface area (Å²) in [7, 11) is 0. The molecule has 0 bridgehead atoms. The van der Waals surface area contributed by atoms with Gasteiger partial charge < -0.3 is 5.32 Å². The molecule has 82 valence electrons. The van der Waals surface area contributed by atoms with Crippen molar-refractivity contribution in [2.45, 2.75) is 65.3 Å². The SMILES string of the molecule is CC1(NC(=O)C(C)(C)C)CCCCC1. The average Bonchev–Trinajstić information content (AvgIpc) is 2.02. The van der Waals surface area contributed by atoms with E-state index in [9.17, 15) is 4.79 Å². The zero-order chi connectivity index (χ0) is 10.8. The van der Waals surface area contributed by atoms with Crippen molar-refractivity contribution in [2.24, 2.45) is 5.41 Å². The zero-order valence-electron chi connectivity index (χ0n) is 9.94. The van der Waals surface area contributed by atoms with Crippen LogP contribution in [0.3, 0.4) is 0 Å². The molecule has 2 nitrogen and oxygen atoms in total. The van der Waals surface area contributed by atoms with Crippen LogP contribution in [0.4, 0.5) is 0 Å². The number of hydrogen-bond donors (Lipinski definition) is 1. The van der Waals surface area contributed by atoms with Gasteiger partial charge in [-0.3, -0.25) is 4.79 Å². The third-order valence-electron chi connectivity index (χ3n) is 3.05. The predicted octanol–water partition coefficient (Wildman–Crippen LogP) is 2.87. The third kappa shape index (κ3) is 3.00. The molecule has 0 aromatic carbocycles. The summed E-state index contributed by atoms with van der Waals surface area (Å²) in [5, 5.41) is 3.20. The number of carbonyl (C=O) groups excluding carboxylic acids is 1. The standard InChI is InChI=1S/C12H23NO/c1-11(2,3)10(14)13-12(4)8-6-5-7-9-12/h5-9H2,1-4H3,(H,13,14). The molecule has 0 aliphatic heterocycles. The first-order valence-electron chi connectivity index (χ1n) is 5.66. The van der Waals surface area contributed by atoms with Gasteiger partial charge in [0.25, 0.3) is 0 Å². The van der Waals surface area contributed by atoms with Gasteiger partial charge in [0.05, 0.1) is 0 Å². The Kier molecular flexibility index (Phi) is 3.23. The lowest BCUT2D eigenvalue weighted by atomic mass is 9.82. The fraction of sp³-hybridized carbons (Fsp3) is 0.917. The van der Waals surface area contributed by atoms with Crippen molar-refractivity contribution >= 4 is 5.91 Å². The molecule has 1 rings (SSSR count). The quantitative estimate of drug-likeness (QED) is 0.688. The highest BCUT2D eigenvalue weighted by Gasteiger charge is 2.32. The minimum absolute atomic E-state index is 0.0581. The van der Waals surface area contributed by atoms with E-state index in [4.69, 9.17) is 0 Å². The smallest absolute Gasteiger partial charge is 0.225 e. The molecule has 1 aliphatic carbocycles. The molecule has 1 N–H and O–H groups in total. The highest BCUT2D eigenvalue weighted by atomic mass is 16.2. The molecular weight excluding hydrogens is 174 g/mol. The van der Waals surface area contributed by atoms with Crippen LogP contribution in [0.2, 0.25) is 0 Å². The second kappa shape index (κ2) is 3.92. The minimum Gasteiger partial charge on any atom is -0.350 e. The van der Waals surface area contributed by atoms with Gasteiger partial charge in [0.2, 0.25) is 5.91 Å². The van der Waals surface area contributed by atoms with Crippen molar-refractivity contribution in [3.63, 3.8) is 0 Å². The van der Waals surface area contributed by atoms with Crippen LogP contribution in [0, 0.1) is 5.41 Å². The highest BCUT2D eigenvalue weighted by molar-refractivity contribution is 5.82. The van der Waals surface area contributed by atoms with E-state index in [0.29, 0.717) is 0 Å². The van der Waals surface area contributed by atoms with Crippen molar-refractivity contribution in [3.05, 3.63) is 0 Å². The predicted molar refractivity (Wildman–Crippen MR) is 59.1 cm³/mol. The average molecular weight is 197 g/mol.